The van der Waals surface area contributed by atoms with Gasteiger partial charge in [-0.15, -0.1) is 0 Å². The maximum absolute atomic E-state index is 10.7. The number of phenols is 2. The molecule has 0 saturated heterocycles. The molecule has 186 valence electrons. The van der Waals surface area contributed by atoms with Crippen molar-refractivity contribution >= 4 is 12.4 Å². The Morgan fingerprint density at radius 2 is 1.03 bits per heavy atom. The van der Waals surface area contributed by atoms with Gasteiger partial charge in [-0.2, -0.15) is 0 Å². The molecule has 2 N–H and O–H groups in total. The van der Waals surface area contributed by atoms with Crippen molar-refractivity contribution in [2.75, 3.05) is 14.2 Å². The third kappa shape index (κ3) is 3.91. The van der Waals surface area contributed by atoms with Crippen molar-refractivity contribution in [2.45, 2.75) is 19.5 Å². The van der Waals surface area contributed by atoms with E-state index in [2.05, 4.69) is 26.0 Å². The Hall–Kier alpha value is -4.58. The van der Waals surface area contributed by atoms with Gasteiger partial charge >= 0.3 is 0 Å². The van der Waals surface area contributed by atoms with Crippen LogP contribution in [0.15, 0.2) is 82.8 Å². The Bertz CT molecular complexity index is 1440. The number of hydrogen-bond donors (Lipinski definition) is 2. The summed E-state index contributed by atoms with van der Waals surface area (Å²) in [5.74, 6) is 0.735. The first-order valence-electron chi connectivity index (χ1n) is 11.9. The summed E-state index contributed by atoms with van der Waals surface area (Å²) >= 11 is 0. The fourth-order valence-corrected chi connectivity index (χ4v) is 4.98. The molecule has 0 aromatic heterocycles. The second kappa shape index (κ2) is 9.47. The van der Waals surface area contributed by atoms with E-state index in [1.54, 1.807) is 48.8 Å². The normalized spacial score (nSPS) is 13.6. The molecule has 0 spiro atoms. The third-order valence-electron chi connectivity index (χ3n) is 6.83. The van der Waals surface area contributed by atoms with Gasteiger partial charge in [-0.25, -0.2) is 0 Å². The fourth-order valence-electron chi connectivity index (χ4n) is 4.98. The minimum atomic E-state index is -1.15. The number of rotatable bonds is 6. The molecule has 5 rings (SSSR count). The topological polar surface area (TPSA) is 83.6 Å². The van der Waals surface area contributed by atoms with Crippen LogP contribution in [0.4, 0.5) is 0 Å². The first-order chi connectivity index (χ1) is 17.9. The van der Waals surface area contributed by atoms with Gasteiger partial charge in [-0.1, -0.05) is 48.5 Å². The highest BCUT2D eigenvalue weighted by molar-refractivity contribution is 5.91. The zero-order valence-electron chi connectivity index (χ0n) is 21.2. The lowest BCUT2D eigenvalue weighted by molar-refractivity contribution is 0.373. The van der Waals surface area contributed by atoms with Crippen LogP contribution in [0.25, 0.3) is 11.1 Å². The maximum atomic E-state index is 10.7. The Balaban J connectivity index is 1.78. The molecule has 0 unspecified atom stereocenters. The molecule has 37 heavy (non-hydrogen) atoms. The SMILES string of the molecule is COc1cccc(/C=N/C2(/N=C/c3cccc(OC)c3O)c3cccc(C)c3-c3c(C)cccc32)c1O. The van der Waals surface area contributed by atoms with E-state index in [1.807, 2.05) is 24.3 Å². The summed E-state index contributed by atoms with van der Waals surface area (Å²) in [5, 5.41) is 21.5. The van der Waals surface area contributed by atoms with Gasteiger partial charge in [0.05, 0.1) is 14.2 Å². The number of aromatic hydroxyl groups is 2. The molecule has 6 heteroatoms. The number of methoxy groups -OCH3 is 2. The minimum absolute atomic E-state index is 0.00486. The Morgan fingerprint density at radius 1 is 0.622 bits per heavy atom. The summed E-state index contributed by atoms with van der Waals surface area (Å²) in [6.45, 7) is 4.17. The van der Waals surface area contributed by atoms with E-state index in [4.69, 9.17) is 19.5 Å². The van der Waals surface area contributed by atoms with Crippen molar-refractivity contribution < 1.29 is 19.7 Å². The van der Waals surface area contributed by atoms with Crippen LogP contribution in [0, 0.1) is 13.8 Å². The molecule has 4 aromatic carbocycles. The largest absolute Gasteiger partial charge is 0.504 e. The number of aliphatic imine (C=N–C) groups is 2. The van der Waals surface area contributed by atoms with Crippen molar-refractivity contribution in [3.05, 3.63) is 106 Å². The standard InChI is InChI=1S/C31H28N2O4/c1-19-9-5-13-23-27(19)28-20(2)10-6-14-24(28)31(23,32-17-21-11-7-15-25(36-3)29(21)34)33-18-22-12-8-16-26(37-4)30(22)35/h5-18,34-35H,1-4H3/b32-17+,33-18+. The van der Waals surface area contributed by atoms with Crippen molar-refractivity contribution in [1.29, 1.82) is 0 Å². The first-order valence-corrected chi connectivity index (χ1v) is 11.9. The highest BCUT2D eigenvalue weighted by Crippen LogP contribution is 2.53. The van der Waals surface area contributed by atoms with E-state index in [9.17, 15) is 10.2 Å². The predicted molar refractivity (Wildman–Crippen MR) is 147 cm³/mol. The van der Waals surface area contributed by atoms with Gasteiger partial charge in [0.25, 0.3) is 0 Å². The number of para-hydroxylation sites is 2. The predicted octanol–water partition coefficient (Wildman–Crippen LogP) is 6.15. The van der Waals surface area contributed by atoms with Crippen LogP contribution < -0.4 is 9.47 Å². The number of hydrogen-bond acceptors (Lipinski definition) is 6. The third-order valence-corrected chi connectivity index (χ3v) is 6.83. The molecular formula is C31H28N2O4. The number of phenolic OH excluding ortho intramolecular Hbond substituents is 2. The number of fused-ring (bicyclic) bond motifs is 3. The molecule has 0 fully saturated rings. The molecule has 0 aliphatic heterocycles. The quantitative estimate of drug-likeness (QED) is 0.316. The van der Waals surface area contributed by atoms with Gasteiger partial charge in [0.15, 0.2) is 23.0 Å². The minimum Gasteiger partial charge on any atom is -0.504 e. The lowest BCUT2D eigenvalue weighted by Gasteiger charge is -2.24. The zero-order chi connectivity index (χ0) is 26.2. The van der Waals surface area contributed by atoms with Gasteiger partial charge < -0.3 is 19.7 Å². The van der Waals surface area contributed by atoms with Crippen molar-refractivity contribution in [3.63, 3.8) is 0 Å². The second-order valence-electron chi connectivity index (χ2n) is 8.98. The van der Waals surface area contributed by atoms with E-state index in [0.717, 1.165) is 33.4 Å². The molecule has 0 atom stereocenters. The molecule has 0 heterocycles. The zero-order valence-corrected chi connectivity index (χ0v) is 21.2. The molecule has 0 radical (unpaired) electrons. The fraction of sp³-hybridized carbons (Fsp3) is 0.161. The molecule has 1 aliphatic carbocycles. The van der Waals surface area contributed by atoms with Crippen molar-refractivity contribution in [2.24, 2.45) is 9.98 Å². The summed E-state index contributed by atoms with van der Waals surface area (Å²) in [6.07, 6.45) is 3.26. The lowest BCUT2D eigenvalue weighted by Crippen LogP contribution is -2.21. The first kappa shape index (κ1) is 24.1. The Kier molecular flexibility index (Phi) is 6.17. The monoisotopic (exact) mass is 492 g/mol. The van der Waals surface area contributed by atoms with Crippen LogP contribution in [0.1, 0.15) is 33.4 Å². The molecule has 6 nitrogen and oxygen atoms in total. The molecule has 4 aromatic rings. The Labute approximate surface area is 216 Å². The van der Waals surface area contributed by atoms with E-state index in [-0.39, 0.29) is 11.5 Å². The summed E-state index contributed by atoms with van der Waals surface area (Å²) in [4.78, 5) is 10.1. The average molecular weight is 493 g/mol. The molecule has 0 bridgehead atoms. The highest BCUT2D eigenvalue weighted by atomic mass is 16.5. The molecule has 1 aliphatic rings. The van der Waals surface area contributed by atoms with Crippen LogP contribution >= 0.6 is 0 Å². The van der Waals surface area contributed by atoms with Crippen LogP contribution in [-0.4, -0.2) is 36.9 Å². The van der Waals surface area contributed by atoms with E-state index >= 15 is 0 Å². The van der Waals surface area contributed by atoms with E-state index in [1.165, 1.54) is 14.2 Å². The number of ether oxygens (including phenoxy) is 2. The number of aryl methyl sites for hydroxylation is 2. The van der Waals surface area contributed by atoms with Gasteiger partial charge in [0, 0.05) is 34.7 Å². The number of nitrogens with zero attached hydrogens (tertiary/aromatic N) is 2. The van der Waals surface area contributed by atoms with Crippen molar-refractivity contribution in [1.82, 2.24) is 0 Å². The van der Waals surface area contributed by atoms with Crippen LogP contribution in [0.5, 0.6) is 23.0 Å². The van der Waals surface area contributed by atoms with Crippen LogP contribution in [0.3, 0.4) is 0 Å². The van der Waals surface area contributed by atoms with E-state index < -0.39 is 5.66 Å². The van der Waals surface area contributed by atoms with Crippen molar-refractivity contribution in [3.8, 4) is 34.1 Å². The second-order valence-corrected chi connectivity index (χ2v) is 8.98. The summed E-state index contributed by atoms with van der Waals surface area (Å²) < 4.78 is 10.6. The van der Waals surface area contributed by atoms with Crippen LogP contribution in [-0.2, 0) is 5.66 Å². The van der Waals surface area contributed by atoms with Crippen LogP contribution in [0.2, 0.25) is 0 Å². The smallest absolute Gasteiger partial charge is 0.202 e. The highest BCUT2D eigenvalue weighted by Gasteiger charge is 2.44. The van der Waals surface area contributed by atoms with Gasteiger partial charge in [0.1, 0.15) is 0 Å². The number of benzene rings is 4. The van der Waals surface area contributed by atoms with E-state index in [0.29, 0.717) is 22.6 Å². The Morgan fingerprint density at radius 3 is 1.43 bits per heavy atom. The molecule has 0 saturated carbocycles. The maximum Gasteiger partial charge on any atom is 0.202 e. The van der Waals surface area contributed by atoms with Gasteiger partial charge in [-0.05, 0) is 60.4 Å². The summed E-state index contributed by atoms with van der Waals surface area (Å²) in [5.41, 5.74) is 6.14. The lowest BCUT2D eigenvalue weighted by atomic mass is 9.96. The summed E-state index contributed by atoms with van der Waals surface area (Å²) in [7, 11) is 3.02. The van der Waals surface area contributed by atoms with Gasteiger partial charge in [0.2, 0.25) is 5.66 Å². The summed E-state index contributed by atoms with van der Waals surface area (Å²) in [6, 6.07) is 22.8. The molecule has 0 amide bonds. The molecular weight excluding hydrogens is 464 g/mol. The van der Waals surface area contributed by atoms with Gasteiger partial charge in [-0.3, -0.25) is 9.98 Å². The average Bonchev–Trinajstić information content (AvgIpc) is 3.19.